The van der Waals surface area contributed by atoms with Crippen molar-refractivity contribution in [3.05, 3.63) is 0 Å². The molecule has 2 aliphatic rings. The Balaban J connectivity index is 1.64. The Bertz CT molecular complexity index is 164. The van der Waals surface area contributed by atoms with E-state index < -0.39 is 0 Å². The minimum Gasteiger partial charge on any atom is -0.313 e. The molecular formula is C12H24N2. The van der Waals surface area contributed by atoms with E-state index >= 15 is 0 Å². The van der Waals surface area contributed by atoms with Gasteiger partial charge in [0, 0.05) is 18.6 Å². The van der Waals surface area contributed by atoms with Gasteiger partial charge in [-0.05, 0) is 38.1 Å². The molecule has 82 valence electrons. The number of piperidine rings is 1. The molecule has 0 amide bonds. The average Bonchev–Trinajstić information content (AvgIpc) is 2.67. The van der Waals surface area contributed by atoms with Crippen molar-refractivity contribution >= 4 is 0 Å². The van der Waals surface area contributed by atoms with Crippen LogP contribution in [0.2, 0.25) is 0 Å². The molecule has 1 aliphatic heterocycles. The highest BCUT2D eigenvalue weighted by Gasteiger charge is 2.20. The molecule has 1 heterocycles. The number of hydrogen-bond acceptors (Lipinski definition) is 2. The summed E-state index contributed by atoms with van der Waals surface area (Å²) in [6.45, 7) is 4.79. The largest absolute Gasteiger partial charge is 0.313 e. The van der Waals surface area contributed by atoms with Crippen LogP contribution in [0.15, 0.2) is 0 Å². The summed E-state index contributed by atoms with van der Waals surface area (Å²) >= 11 is 0. The second-order valence-corrected chi connectivity index (χ2v) is 5.17. The van der Waals surface area contributed by atoms with Crippen molar-refractivity contribution in [2.24, 2.45) is 5.92 Å². The van der Waals surface area contributed by atoms with Crippen LogP contribution in [-0.4, -0.2) is 25.2 Å². The normalized spacial score (nSPS) is 34.9. The first-order valence-electron chi connectivity index (χ1n) is 6.31. The monoisotopic (exact) mass is 196 g/mol. The molecule has 0 aromatic carbocycles. The Hall–Kier alpha value is -0.0800. The van der Waals surface area contributed by atoms with Gasteiger partial charge in [-0.15, -0.1) is 0 Å². The molecule has 1 saturated heterocycles. The zero-order chi connectivity index (χ0) is 9.80. The molecule has 2 N–H and O–H groups in total. The molecule has 0 aromatic heterocycles. The van der Waals surface area contributed by atoms with Gasteiger partial charge in [0.25, 0.3) is 0 Å². The summed E-state index contributed by atoms with van der Waals surface area (Å²) in [5, 5.41) is 7.32. The summed E-state index contributed by atoms with van der Waals surface area (Å²) in [5.74, 6) is 0.923. The SMILES string of the molecule is CC1CCNC(CNC2CCCC2)C1. The third-order valence-corrected chi connectivity index (χ3v) is 3.77. The second-order valence-electron chi connectivity index (χ2n) is 5.17. The maximum atomic E-state index is 3.71. The lowest BCUT2D eigenvalue weighted by Gasteiger charge is -2.29. The Labute approximate surface area is 87.8 Å². The summed E-state index contributed by atoms with van der Waals surface area (Å²) in [4.78, 5) is 0. The number of hydrogen-bond donors (Lipinski definition) is 2. The topological polar surface area (TPSA) is 24.1 Å². The molecule has 2 fully saturated rings. The summed E-state index contributed by atoms with van der Waals surface area (Å²) in [6.07, 6.45) is 8.41. The summed E-state index contributed by atoms with van der Waals surface area (Å²) in [5.41, 5.74) is 0. The van der Waals surface area contributed by atoms with Crippen LogP contribution in [0, 0.1) is 5.92 Å². The summed E-state index contributed by atoms with van der Waals surface area (Å²) in [6, 6.07) is 1.56. The van der Waals surface area contributed by atoms with Gasteiger partial charge >= 0.3 is 0 Å². The lowest BCUT2D eigenvalue weighted by Crippen LogP contribution is -2.45. The molecule has 2 heteroatoms. The van der Waals surface area contributed by atoms with E-state index in [2.05, 4.69) is 17.6 Å². The van der Waals surface area contributed by atoms with Gasteiger partial charge in [-0.3, -0.25) is 0 Å². The van der Waals surface area contributed by atoms with Crippen LogP contribution in [0.1, 0.15) is 45.4 Å². The fourth-order valence-electron chi connectivity index (χ4n) is 2.82. The molecule has 1 aliphatic carbocycles. The zero-order valence-electron chi connectivity index (χ0n) is 9.39. The van der Waals surface area contributed by atoms with Crippen LogP contribution in [0.5, 0.6) is 0 Å². The first-order chi connectivity index (χ1) is 6.84. The highest BCUT2D eigenvalue weighted by molar-refractivity contribution is 4.81. The van der Waals surface area contributed by atoms with Crippen LogP contribution < -0.4 is 10.6 Å². The van der Waals surface area contributed by atoms with Crippen molar-refractivity contribution in [1.29, 1.82) is 0 Å². The Morgan fingerprint density at radius 3 is 2.71 bits per heavy atom. The smallest absolute Gasteiger partial charge is 0.0195 e. The van der Waals surface area contributed by atoms with Crippen LogP contribution in [-0.2, 0) is 0 Å². The number of nitrogens with one attached hydrogen (secondary N) is 2. The van der Waals surface area contributed by atoms with E-state index in [1.807, 2.05) is 0 Å². The van der Waals surface area contributed by atoms with Gasteiger partial charge < -0.3 is 10.6 Å². The molecule has 14 heavy (non-hydrogen) atoms. The lowest BCUT2D eigenvalue weighted by atomic mass is 9.94. The molecular weight excluding hydrogens is 172 g/mol. The third-order valence-electron chi connectivity index (χ3n) is 3.77. The maximum absolute atomic E-state index is 3.71. The lowest BCUT2D eigenvalue weighted by molar-refractivity contribution is 0.303. The van der Waals surface area contributed by atoms with Crippen molar-refractivity contribution < 1.29 is 0 Å². The van der Waals surface area contributed by atoms with Crippen molar-refractivity contribution in [3.63, 3.8) is 0 Å². The van der Waals surface area contributed by atoms with Crippen LogP contribution in [0.3, 0.4) is 0 Å². The quantitative estimate of drug-likeness (QED) is 0.720. The molecule has 2 nitrogen and oxygen atoms in total. The molecule has 2 rings (SSSR count). The molecule has 0 aromatic rings. The first kappa shape index (κ1) is 10.4. The highest BCUT2D eigenvalue weighted by Crippen LogP contribution is 2.19. The molecule has 2 unspecified atom stereocenters. The van der Waals surface area contributed by atoms with E-state index in [1.54, 1.807) is 0 Å². The molecule has 2 atom stereocenters. The molecule has 0 bridgehead atoms. The van der Waals surface area contributed by atoms with E-state index in [1.165, 1.54) is 51.6 Å². The highest BCUT2D eigenvalue weighted by atomic mass is 15.0. The zero-order valence-corrected chi connectivity index (χ0v) is 9.39. The van der Waals surface area contributed by atoms with E-state index in [0.29, 0.717) is 0 Å². The van der Waals surface area contributed by atoms with E-state index in [-0.39, 0.29) is 0 Å². The van der Waals surface area contributed by atoms with E-state index in [0.717, 1.165) is 18.0 Å². The third kappa shape index (κ3) is 2.96. The van der Waals surface area contributed by atoms with Crippen molar-refractivity contribution in [2.45, 2.75) is 57.5 Å². The standard InChI is InChI=1S/C12H24N2/c1-10-6-7-13-12(8-10)9-14-11-4-2-3-5-11/h10-14H,2-9H2,1H3. The minimum atomic E-state index is 0.736. The van der Waals surface area contributed by atoms with Crippen molar-refractivity contribution in [2.75, 3.05) is 13.1 Å². The fourth-order valence-corrected chi connectivity index (χ4v) is 2.82. The maximum Gasteiger partial charge on any atom is 0.0195 e. The predicted octanol–water partition coefficient (Wildman–Crippen LogP) is 1.91. The molecule has 0 radical (unpaired) electrons. The Morgan fingerprint density at radius 2 is 2.00 bits per heavy atom. The van der Waals surface area contributed by atoms with Crippen LogP contribution in [0.4, 0.5) is 0 Å². The second kappa shape index (κ2) is 5.13. The van der Waals surface area contributed by atoms with Gasteiger partial charge in [0.05, 0.1) is 0 Å². The Morgan fingerprint density at radius 1 is 1.21 bits per heavy atom. The summed E-state index contributed by atoms with van der Waals surface area (Å²) in [7, 11) is 0. The van der Waals surface area contributed by atoms with E-state index in [9.17, 15) is 0 Å². The first-order valence-corrected chi connectivity index (χ1v) is 6.31. The molecule has 1 saturated carbocycles. The van der Waals surface area contributed by atoms with Gasteiger partial charge in [-0.25, -0.2) is 0 Å². The van der Waals surface area contributed by atoms with E-state index in [4.69, 9.17) is 0 Å². The van der Waals surface area contributed by atoms with Crippen molar-refractivity contribution in [3.8, 4) is 0 Å². The van der Waals surface area contributed by atoms with Crippen molar-refractivity contribution in [1.82, 2.24) is 10.6 Å². The number of rotatable bonds is 3. The average molecular weight is 196 g/mol. The van der Waals surface area contributed by atoms with Gasteiger partial charge in [0.2, 0.25) is 0 Å². The minimum absolute atomic E-state index is 0.736. The van der Waals surface area contributed by atoms with Gasteiger partial charge in [-0.1, -0.05) is 19.8 Å². The van der Waals surface area contributed by atoms with Gasteiger partial charge in [0.1, 0.15) is 0 Å². The predicted molar refractivity (Wildman–Crippen MR) is 60.4 cm³/mol. The molecule has 0 spiro atoms. The Kier molecular flexibility index (Phi) is 3.82. The summed E-state index contributed by atoms with van der Waals surface area (Å²) < 4.78 is 0. The van der Waals surface area contributed by atoms with Crippen LogP contribution in [0.25, 0.3) is 0 Å². The van der Waals surface area contributed by atoms with Gasteiger partial charge in [-0.2, -0.15) is 0 Å². The fraction of sp³-hybridized carbons (Fsp3) is 1.00. The van der Waals surface area contributed by atoms with Gasteiger partial charge in [0.15, 0.2) is 0 Å². The van der Waals surface area contributed by atoms with Crippen LogP contribution >= 0.6 is 0 Å².